The first-order valence-corrected chi connectivity index (χ1v) is 3.04. The second kappa shape index (κ2) is 5.06. The fourth-order valence-electron chi connectivity index (χ4n) is 0.316. The van der Waals surface area contributed by atoms with Gasteiger partial charge in [0.25, 0.3) is 0 Å². The summed E-state index contributed by atoms with van der Waals surface area (Å²) in [6.07, 6.45) is 1.69. The molecule has 2 heteroatoms. The molecular formula is C6H14NO. The number of rotatable bonds is 4. The van der Waals surface area contributed by atoms with Crippen molar-refractivity contribution in [2.45, 2.75) is 32.9 Å². The molecule has 2 N–H and O–H groups in total. The van der Waals surface area contributed by atoms with Gasteiger partial charge in [-0.3, -0.25) is 0 Å². The molecule has 1 radical (unpaired) electrons. The molecule has 0 spiro atoms. The maximum Gasteiger partial charge on any atom is 0.105 e. The molecule has 0 saturated carbocycles. The van der Waals surface area contributed by atoms with Gasteiger partial charge in [-0.15, -0.1) is 0 Å². The summed E-state index contributed by atoms with van der Waals surface area (Å²) in [5, 5.41) is 0. The summed E-state index contributed by atoms with van der Waals surface area (Å²) in [6.45, 7) is 5.74. The van der Waals surface area contributed by atoms with E-state index < -0.39 is 0 Å². The van der Waals surface area contributed by atoms with E-state index in [0.29, 0.717) is 0 Å². The van der Waals surface area contributed by atoms with Gasteiger partial charge in [-0.2, -0.15) is 0 Å². The van der Waals surface area contributed by atoms with Crippen molar-refractivity contribution in [3.8, 4) is 0 Å². The van der Waals surface area contributed by atoms with E-state index in [4.69, 9.17) is 10.5 Å². The van der Waals surface area contributed by atoms with Crippen molar-refractivity contribution in [3.05, 3.63) is 6.61 Å². The molecule has 0 aliphatic heterocycles. The number of nitrogens with two attached hydrogens (primary N) is 1. The summed E-state index contributed by atoms with van der Waals surface area (Å²) in [6, 6.07) is 0. The summed E-state index contributed by atoms with van der Waals surface area (Å²) >= 11 is 0. The highest BCUT2D eigenvalue weighted by Gasteiger charge is 1.94. The van der Waals surface area contributed by atoms with Crippen LogP contribution in [-0.4, -0.2) is 6.23 Å². The Morgan fingerprint density at radius 1 is 1.62 bits per heavy atom. The van der Waals surface area contributed by atoms with Crippen LogP contribution in [-0.2, 0) is 4.74 Å². The van der Waals surface area contributed by atoms with Crippen LogP contribution in [0.25, 0.3) is 0 Å². The third-order valence-electron chi connectivity index (χ3n) is 0.840. The average molecular weight is 116 g/mol. The Morgan fingerprint density at radius 3 is 2.62 bits per heavy atom. The molecule has 0 saturated heterocycles. The normalized spacial score (nSPS) is 13.9. The van der Waals surface area contributed by atoms with E-state index in [0.717, 1.165) is 12.8 Å². The zero-order valence-corrected chi connectivity index (χ0v) is 5.55. The predicted molar refractivity (Wildman–Crippen MR) is 33.9 cm³/mol. The fraction of sp³-hybridized carbons (Fsp3) is 0.833. The van der Waals surface area contributed by atoms with Crippen LogP contribution in [0.1, 0.15) is 26.7 Å². The van der Waals surface area contributed by atoms with Crippen LogP contribution in [0.4, 0.5) is 0 Å². The molecule has 2 nitrogen and oxygen atoms in total. The highest BCUT2D eigenvalue weighted by atomic mass is 16.5. The molecule has 0 rings (SSSR count). The minimum Gasteiger partial charge on any atom is -0.358 e. The van der Waals surface area contributed by atoms with Gasteiger partial charge in [-0.05, 0) is 12.8 Å². The Balaban J connectivity index is 2.86. The van der Waals surface area contributed by atoms with Gasteiger partial charge < -0.3 is 10.5 Å². The molecule has 1 atom stereocenters. The highest BCUT2D eigenvalue weighted by Crippen LogP contribution is 1.93. The summed E-state index contributed by atoms with van der Waals surface area (Å²) < 4.78 is 4.99. The van der Waals surface area contributed by atoms with Gasteiger partial charge in [0.2, 0.25) is 0 Å². The molecule has 0 aromatic carbocycles. The largest absolute Gasteiger partial charge is 0.358 e. The van der Waals surface area contributed by atoms with E-state index in [9.17, 15) is 0 Å². The Morgan fingerprint density at radius 2 is 2.25 bits per heavy atom. The van der Waals surface area contributed by atoms with Crippen molar-refractivity contribution < 1.29 is 4.74 Å². The Labute approximate surface area is 51.0 Å². The maximum absolute atomic E-state index is 5.41. The lowest BCUT2D eigenvalue weighted by Crippen LogP contribution is -2.20. The molecule has 1 unspecified atom stereocenters. The van der Waals surface area contributed by atoms with Gasteiger partial charge in [0.1, 0.15) is 6.23 Å². The van der Waals surface area contributed by atoms with Crippen molar-refractivity contribution in [3.63, 3.8) is 0 Å². The summed E-state index contributed by atoms with van der Waals surface area (Å²) in [5.74, 6) is 0. The van der Waals surface area contributed by atoms with Gasteiger partial charge in [0.05, 0.1) is 6.61 Å². The number of hydrogen-bond acceptors (Lipinski definition) is 2. The van der Waals surface area contributed by atoms with Gasteiger partial charge in [-0.1, -0.05) is 13.8 Å². The summed E-state index contributed by atoms with van der Waals surface area (Å²) in [5.41, 5.74) is 5.41. The standard InChI is InChI=1S/C6H14NO/c1-3-5-8-6(7)4-2/h5-6H,3-4,7H2,1-2H3. The molecule has 0 aliphatic carbocycles. The third kappa shape index (κ3) is 4.09. The Hall–Kier alpha value is -0.0800. The van der Waals surface area contributed by atoms with Gasteiger partial charge >= 0.3 is 0 Å². The van der Waals surface area contributed by atoms with Crippen molar-refractivity contribution in [2.24, 2.45) is 5.73 Å². The second-order valence-corrected chi connectivity index (χ2v) is 1.66. The van der Waals surface area contributed by atoms with Crippen molar-refractivity contribution in [2.75, 3.05) is 0 Å². The lowest BCUT2D eigenvalue weighted by Gasteiger charge is -2.07. The minimum absolute atomic E-state index is 0.102. The van der Waals surface area contributed by atoms with Crippen LogP contribution in [0, 0.1) is 6.61 Å². The first kappa shape index (κ1) is 7.92. The molecule has 0 aromatic heterocycles. The van der Waals surface area contributed by atoms with E-state index >= 15 is 0 Å². The topological polar surface area (TPSA) is 35.2 Å². The quantitative estimate of drug-likeness (QED) is 0.561. The van der Waals surface area contributed by atoms with E-state index in [1.807, 2.05) is 13.8 Å². The van der Waals surface area contributed by atoms with Crippen LogP contribution < -0.4 is 5.73 Å². The summed E-state index contributed by atoms with van der Waals surface area (Å²) in [7, 11) is 0. The van der Waals surface area contributed by atoms with Crippen LogP contribution in [0.3, 0.4) is 0 Å². The SMILES string of the molecule is CC[CH]OC(N)CC. The Kier molecular flexibility index (Phi) is 5.01. The zero-order chi connectivity index (χ0) is 6.41. The molecule has 0 bridgehead atoms. The average Bonchev–Trinajstić information content (AvgIpc) is 1.83. The smallest absolute Gasteiger partial charge is 0.105 e. The van der Waals surface area contributed by atoms with E-state index in [-0.39, 0.29) is 6.23 Å². The zero-order valence-electron chi connectivity index (χ0n) is 5.55. The van der Waals surface area contributed by atoms with Gasteiger partial charge in [0, 0.05) is 0 Å². The minimum atomic E-state index is -0.102. The van der Waals surface area contributed by atoms with E-state index in [1.54, 1.807) is 6.61 Å². The predicted octanol–water partition coefficient (Wildman–Crippen LogP) is 1.27. The van der Waals surface area contributed by atoms with Crippen LogP contribution in [0.15, 0.2) is 0 Å². The fourth-order valence-corrected chi connectivity index (χ4v) is 0.316. The third-order valence-corrected chi connectivity index (χ3v) is 0.840. The first-order valence-electron chi connectivity index (χ1n) is 3.04. The van der Waals surface area contributed by atoms with Crippen LogP contribution in [0.2, 0.25) is 0 Å². The second-order valence-electron chi connectivity index (χ2n) is 1.66. The highest BCUT2D eigenvalue weighted by molar-refractivity contribution is 4.49. The molecule has 0 aromatic rings. The maximum atomic E-state index is 5.41. The van der Waals surface area contributed by atoms with Gasteiger partial charge in [0.15, 0.2) is 0 Å². The van der Waals surface area contributed by atoms with E-state index in [2.05, 4.69) is 0 Å². The number of ether oxygens (including phenoxy) is 1. The van der Waals surface area contributed by atoms with Crippen molar-refractivity contribution >= 4 is 0 Å². The molecular weight excluding hydrogens is 102 g/mol. The van der Waals surface area contributed by atoms with Crippen molar-refractivity contribution in [1.29, 1.82) is 0 Å². The lowest BCUT2D eigenvalue weighted by atomic mass is 10.4. The lowest BCUT2D eigenvalue weighted by molar-refractivity contribution is 0.104. The molecule has 0 heterocycles. The first-order chi connectivity index (χ1) is 3.81. The monoisotopic (exact) mass is 116 g/mol. The summed E-state index contributed by atoms with van der Waals surface area (Å²) in [4.78, 5) is 0. The molecule has 8 heavy (non-hydrogen) atoms. The number of hydrogen-bond donors (Lipinski definition) is 1. The molecule has 49 valence electrons. The van der Waals surface area contributed by atoms with E-state index in [1.165, 1.54) is 0 Å². The van der Waals surface area contributed by atoms with Crippen LogP contribution in [0.5, 0.6) is 0 Å². The molecule has 0 fully saturated rings. The Bertz CT molecular complexity index is 47.8. The van der Waals surface area contributed by atoms with Crippen molar-refractivity contribution in [1.82, 2.24) is 0 Å². The van der Waals surface area contributed by atoms with Gasteiger partial charge in [-0.25, -0.2) is 0 Å². The molecule has 0 aliphatic rings. The molecule has 0 amide bonds. The van der Waals surface area contributed by atoms with Crippen LogP contribution >= 0.6 is 0 Å².